The Morgan fingerprint density at radius 3 is 2.03 bits per heavy atom. The van der Waals surface area contributed by atoms with Gasteiger partial charge in [-0.15, -0.1) is 0 Å². The SMILES string of the molecule is CCCCCCC(CCCCCC)C(F)Oc1ccc2c(ccc3ccccc32)c1. The Hall–Kier alpha value is -2.09. The van der Waals surface area contributed by atoms with E-state index in [0.29, 0.717) is 5.75 Å². The van der Waals surface area contributed by atoms with Crippen LogP contribution in [0.15, 0.2) is 54.6 Å². The van der Waals surface area contributed by atoms with Crippen molar-refractivity contribution in [3.63, 3.8) is 0 Å². The maximum absolute atomic E-state index is 15.2. The van der Waals surface area contributed by atoms with Crippen LogP contribution in [0.5, 0.6) is 5.75 Å². The molecule has 0 saturated heterocycles. The molecule has 3 rings (SSSR count). The van der Waals surface area contributed by atoms with Gasteiger partial charge in [-0.2, -0.15) is 0 Å². The van der Waals surface area contributed by atoms with Crippen molar-refractivity contribution in [3.8, 4) is 5.75 Å². The summed E-state index contributed by atoms with van der Waals surface area (Å²) in [4.78, 5) is 0. The van der Waals surface area contributed by atoms with E-state index < -0.39 is 6.36 Å². The van der Waals surface area contributed by atoms with E-state index in [-0.39, 0.29) is 5.92 Å². The van der Waals surface area contributed by atoms with Gasteiger partial charge in [0.05, 0.1) is 0 Å². The summed E-state index contributed by atoms with van der Waals surface area (Å²) in [6.45, 7) is 4.43. The van der Waals surface area contributed by atoms with E-state index in [1.54, 1.807) is 0 Å². The third-order valence-corrected chi connectivity index (χ3v) is 6.19. The maximum atomic E-state index is 15.2. The molecule has 0 aliphatic rings. The van der Waals surface area contributed by atoms with Crippen LogP contribution in [0.2, 0.25) is 0 Å². The smallest absolute Gasteiger partial charge is 0.241 e. The number of halogens is 1. The molecule has 0 spiro atoms. The van der Waals surface area contributed by atoms with Crippen molar-refractivity contribution in [2.24, 2.45) is 5.92 Å². The number of alkyl halides is 1. The Morgan fingerprint density at radius 2 is 1.33 bits per heavy atom. The van der Waals surface area contributed by atoms with Crippen LogP contribution >= 0.6 is 0 Å². The molecule has 0 radical (unpaired) electrons. The molecule has 162 valence electrons. The highest BCUT2D eigenvalue weighted by Crippen LogP contribution is 2.31. The number of unbranched alkanes of at least 4 members (excludes halogenated alkanes) is 6. The quantitative estimate of drug-likeness (QED) is 0.202. The van der Waals surface area contributed by atoms with Gasteiger partial charge in [0.25, 0.3) is 0 Å². The molecular weight excluding hydrogens is 371 g/mol. The van der Waals surface area contributed by atoms with Crippen LogP contribution in [0, 0.1) is 5.92 Å². The van der Waals surface area contributed by atoms with Crippen molar-refractivity contribution in [1.29, 1.82) is 0 Å². The van der Waals surface area contributed by atoms with E-state index in [0.717, 1.165) is 31.1 Å². The third-order valence-electron chi connectivity index (χ3n) is 6.19. The first-order chi connectivity index (χ1) is 14.7. The van der Waals surface area contributed by atoms with Gasteiger partial charge in [-0.3, -0.25) is 0 Å². The van der Waals surface area contributed by atoms with Gasteiger partial charge in [0.1, 0.15) is 5.75 Å². The molecule has 1 unspecified atom stereocenters. The van der Waals surface area contributed by atoms with Crippen molar-refractivity contribution >= 4 is 21.5 Å². The number of hydrogen-bond donors (Lipinski definition) is 0. The summed E-state index contributed by atoms with van der Waals surface area (Å²) in [5.41, 5.74) is 0. The predicted molar refractivity (Wildman–Crippen MR) is 128 cm³/mol. The first kappa shape index (κ1) is 22.6. The van der Waals surface area contributed by atoms with Gasteiger partial charge in [0.15, 0.2) is 0 Å². The van der Waals surface area contributed by atoms with E-state index in [1.165, 1.54) is 54.7 Å². The summed E-state index contributed by atoms with van der Waals surface area (Å²) in [6.07, 6.45) is 10.1. The molecule has 0 N–H and O–H groups in total. The standard InChI is InChI=1S/C28H37FO/c1-3-5-7-9-14-23(15-10-8-6-4-2)28(29)30-25-19-20-27-24(21-25)18-17-22-13-11-12-16-26(22)27/h11-13,16-21,23,28H,3-10,14-15H2,1-2H3. The first-order valence-corrected chi connectivity index (χ1v) is 11.9. The van der Waals surface area contributed by atoms with Crippen LogP contribution in [0.25, 0.3) is 21.5 Å². The zero-order valence-electron chi connectivity index (χ0n) is 18.7. The lowest BCUT2D eigenvalue weighted by Gasteiger charge is -2.22. The lowest BCUT2D eigenvalue weighted by Crippen LogP contribution is -2.22. The highest BCUT2D eigenvalue weighted by atomic mass is 19.1. The number of benzene rings is 3. The summed E-state index contributed by atoms with van der Waals surface area (Å²) < 4.78 is 21.0. The van der Waals surface area contributed by atoms with Gasteiger partial charge >= 0.3 is 0 Å². The average molecular weight is 409 g/mol. The molecule has 1 nitrogen and oxygen atoms in total. The maximum Gasteiger partial charge on any atom is 0.241 e. The molecule has 3 aromatic carbocycles. The van der Waals surface area contributed by atoms with Gasteiger partial charge in [0.2, 0.25) is 6.36 Å². The van der Waals surface area contributed by atoms with Gasteiger partial charge in [0, 0.05) is 5.92 Å². The van der Waals surface area contributed by atoms with Crippen molar-refractivity contribution in [1.82, 2.24) is 0 Å². The zero-order valence-corrected chi connectivity index (χ0v) is 18.7. The fourth-order valence-electron chi connectivity index (χ4n) is 4.36. The highest BCUT2D eigenvalue weighted by Gasteiger charge is 2.22. The molecule has 0 saturated carbocycles. The van der Waals surface area contributed by atoms with E-state index in [9.17, 15) is 0 Å². The van der Waals surface area contributed by atoms with Gasteiger partial charge in [-0.1, -0.05) is 108 Å². The van der Waals surface area contributed by atoms with Crippen LogP contribution in [-0.4, -0.2) is 6.36 Å². The Bertz CT molecular complexity index is 891. The first-order valence-electron chi connectivity index (χ1n) is 11.9. The third kappa shape index (κ3) is 6.20. The van der Waals surface area contributed by atoms with Crippen LogP contribution in [-0.2, 0) is 0 Å². The minimum atomic E-state index is -1.23. The number of fused-ring (bicyclic) bond motifs is 3. The molecule has 3 aromatic rings. The Balaban J connectivity index is 1.68. The number of hydrogen-bond acceptors (Lipinski definition) is 1. The lowest BCUT2D eigenvalue weighted by molar-refractivity contribution is 0.00334. The van der Waals surface area contributed by atoms with Gasteiger partial charge in [-0.05, 0) is 46.5 Å². The summed E-state index contributed by atoms with van der Waals surface area (Å²) in [6, 6.07) is 18.6. The normalized spacial score (nSPS) is 12.7. The predicted octanol–water partition coefficient (Wildman–Crippen LogP) is 9.22. The van der Waals surface area contributed by atoms with Crippen LogP contribution < -0.4 is 4.74 Å². The van der Waals surface area contributed by atoms with Crippen LogP contribution in [0.4, 0.5) is 4.39 Å². The number of rotatable bonds is 13. The largest absolute Gasteiger partial charge is 0.460 e. The molecule has 0 aliphatic heterocycles. The Kier molecular flexibility index (Phi) is 8.99. The Morgan fingerprint density at radius 1 is 0.700 bits per heavy atom. The topological polar surface area (TPSA) is 9.23 Å². The van der Waals surface area contributed by atoms with E-state index >= 15 is 4.39 Å². The van der Waals surface area contributed by atoms with Crippen molar-refractivity contribution in [3.05, 3.63) is 54.6 Å². The molecule has 1 atom stereocenters. The lowest BCUT2D eigenvalue weighted by atomic mass is 9.94. The zero-order chi connectivity index (χ0) is 21.2. The molecule has 2 heteroatoms. The molecular formula is C28H37FO. The van der Waals surface area contributed by atoms with Crippen molar-refractivity contribution < 1.29 is 9.13 Å². The van der Waals surface area contributed by atoms with Gasteiger partial charge in [-0.25, -0.2) is 4.39 Å². The van der Waals surface area contributed by atoms with E-state index in [4.69, 9.17) is 4.74 Å². The second-order valence-electron chi connectivity index (χ2n) is 8.60. The molecule has 0 bridgehead atoms. The van der Waals surface area contributed by atoms with Crippen LogP contribution in [0.1, 0.15) is 78.1 Å². The number of ether oxygens (including phenoxy) is 1. The average Bonchev–Trinajstić information content (AvgIpc) is 2.77. The second kappa shape index (κ2) is 11.9. The highest BCUT2D eigenvalue weighted by molar-refractivity contribution is 6.07. The minimum Gasteiger partial charge on any atom is -0.460 e. The Labute approximate surface area is 181 Å². The van der Waals surface area contributed by atoms with Gasteiger partial charge < -0.3 is 4.74 Å². The molecule has 0 aromatic heterocycles. The fraction of sp³-hybridized carbons (Fsp3) is 0.500. The van der Waals surface area contributed by atoms with Crippen LogP contribution in [0.3, 0.4) is 0 Å². The second-order valence-corrected chi connectivity index (χ2v) is 8.60. The minimum absolute atomic E-state index is 0.00832. The summed E-state index contributed by atoms with van der Waals surface area (Å²) in [5.74, 6) is 0.628. The monoisotopic (exact) mass is 408 g/mol. The molecule has 30 heavy (non-hydrogen) atoms. The summed E-state index contributed by atoms with van der Waals surface area (Å²) in [7, 11) is 0. The molecule has 0 amide bonds. The molecule has 0 heterocycles. The fourth-order valence-corrected chi connectivity index (χ4v) is 4.36. The summed E-state index contributed by atoms with van der Waals surface area (Å²) >= 11 is 0. The molecule has 0 aliphatic carbocycles. The van der Waals surface area contributed by atoms with Crippen molar-refractivity contribution in [2.45, 2.75) is 84.4 Å². The van der Waals surface area contributed by atoms with E-state index in [1.807, 2.05) is 12.1 Å². The molecule has 0 fully saturated rings. The van der Waals surface area contributed by atoms with E-state index in [2.05, 4.69) is 56.3 Å². The summed E-state index contributed by atoms with van der Waals surface area (Å²) in [5, 5.41) is 4.73. The van der Waals surface area contributed by atoms with Crippen molar-refractivity contribution in [2.75, 3.05) is 0 Å².